The maximum atomic E-state index is 9.25. The summed E-state index contributed by atoms with van der Waals surface area (Å²) in [4.78, 5) is 4.20. The fourth-order valence-electron chi connectivity index (χ4n) is 1.49. The molecule has 4 N–H and O–H groups in total. The Hall–Kier alpha value is -1.49. The summed E-state index contributed by atoms with van der Waals surface area (Å²) in [5.41, 5.74) is 6.35. The lowest BCUT2D eigenvalue weighted by atomic mass is 10.1. The highest BCUT2D eigenvalue weighted by atomic mass is 16.5. The van der Waals surface area contributed by atoms with Crippen molar-refractivity contribution in [2.45, 2.75) is 32.4 Å². The number of pyridine rings is 1. The van der Waals surface area contributed by atoms with Gasteiger partial charge in [0.05, 0.1) is 18.9 Å². The third kappa shape index (κ3) is 3.58. The van der Waals surface area contributed by atoms with E-state index in [-0.39, 0.29) is 12.1 Å². The van der Waals surface area contributed by atoms with Gasteiger partial charge >= 0.3 is 0 Å². The van der Waals surface area contributed by atoms with Crippen molar-refractivity contribution in [2.75, 3.05) is 18.2 Å². The van der Waals surface area contributed by atoms with E-state index in [1.807, 2.05) is 6.92 Å². The highest BCUT2D eigenvalue weighted by Gasteiger charge is 2.09. The van der Waals surface area contributed by atoms with Gasteiger partial charge in [-0.25, -0.2) is 0 Å². The number of anilines is 2. The number of hydrogen-bond donors (Lipinski definition) is 3. The molecule has 1 rings (SSSR count). The first-order chi connectivity index (χ1) is 7.52. The van der Waals surface area contributed by atoms with Crippen molar-refractivity contribution in [2.24, 2.45) is 0 Å². The van der Waals surface area contributed by atoms with E-state index in [0.717, 1.165) is 0 Å². The van der Waals surface area contributed by atoms with Crippen LogP contribution < -0.4 is 15.8 Å². The predicted octanol–water partition coefficient (Wildman–Crippen LogP) is 1.24. The smallest absolute Gasteiger partial charge is 0.215 e. The van der Waals surface area contributed by atoms with E-state index in [1.54, 1.807) is 26.2 Å². The predicted molar refractivity (Wildman–Crippen MR) is 64.6 cm³/mol. The molecule has 1 aromatic heterocycles. The number of aliphatic hydroxyl groups excluding tert-OH is 1. The van der Waals surface area contributed by atoms with Crippen molar-refractivity contribution in [1.82, 2.24) is 4.98 Å². The van der Waals surface area contributed by atoms with Crippen LogP contribution >= 0.6 is 0 Å². The Kier molecular flexibility index (Phi) is 4.37. The van der Waals surface area contributed by atoms with Crippen molar-refractivity contribution >= 4 is 11.5 Å². The Labute approximate surface area is 95.6 Å². The van der Waals surface area contributed by atoms with Gasteiger partial charge in [-0.15, -0.1) is 0 Å². The van der Waals surface area contributed by atoms with Crippen molar-refractivity contribution in [3.63, 3.8) is 0 Å². The largest absolute Gasteiger partial charge is 0.481 e. The lowest BCUT2D eigenvalue weighted by Gasteiger charge is -2.17. The molecule has 0 saturated heterocycles. The minimum absolute atomic E-state index is 0.0990. The zero-order valence-corrected chi connectivity index (χ0v) is 9.90. The zero-order chi connectivity index (χ0) is 12.1. The van der Waals surface area contributed by atoms with Crippen LogP contribution in [-0.4, -0.2) is 29.3 Å². The first kappa shape index (κ1) is 12.6. The number of nitrogens with two attached hydrogens (primary N) is 1. The molecule has 16 heavy (non-hydrogen) atoms. The molecule has 0 amide bonds. The lowest BCUT2D eigenvalue weighted by molar-refractivity contribution is 0.179. The van der Waals surface area contributed by atoms with Gasteiger partial charge < -0.3 is 20.9 Å². The number of nitrogens with zero attached hydrogens (tertiary/aromatic N) is 1. The van der Waals surface area contributed by atoms with Gasteiger partial charge in [0.15, 0.2) is 5.82 Å². The highest BCUT2D eigenvalue weighted by Crippen LogP contribution is 2.20. The standard InChI is InChI=1S/C11H19N3O2/c1-7(6-8(2)15)13-11-9(12)4-5-10(14-11)16-3/h4-5,7-8,15H,6,12H2,1-3H3,(H,13,14). The maximum Gasteiger partial charge on any atom is 0.215 e. The maximum absolute atomic E-state index is 9.25. The molecule has 0 bridgehead atoms. The summed E-state index contributed by atoms with van der Waals surface area (Å²) in [7, 11) is 1.56. The molecule has 0 aliphatic rings. The van der Waals surface area contributed by atoms with Crippen molar-refractivity contribution in [3.8, 4) is 5.88 Å². The summed E-state index contributed by atoms with van der Waals surface area (Å²) in [5.74, 6) is 1.11. The average molecular weight is 225 g/mol. The number of ether oxygens (including phenoxy) is 1. The topological polar surface area (TPSA) is 80.4 Å². The number of aromatic nitrogens is 1. The summed E-state index contributed by atoms with van der Waals surface area (Å²) in [6.07, 6.45) is 0.285. The second-order valence-corrected chi connectivity index (χ2v) is 3.92. The Bertz CT molecular complexity index is 342. The first-order valence-electron chi connectivity index (χ1n) is 5.28. The van der Waals surface area contributed by atoms with Crippen LogP contribution in [-0.2, 0) is 0 Å². The minimum atomic E-state index is -0.352. The van der Waals surface area contributed by atoms with Crippen LogP contribution in [0.15, 0.2) is 12.1 Å². The summed E-state index contributed by atoms with van der Waals surface area (Å²) >= 11 is 0. The second kappa shape index (κ2) is 5.55. The minimum Gasteiger partial charge on any atom is -0.481 e. The lowest BCUT2D eigenvalue weighted by Crippen LogP contribution is -2.22. The van der Waals surface area contributed by atoms with E-state index in [2.05, 4.69) is 10.3 Å². The van der Waals surface area contributed by atoms with Gasteiger partial charge in [0, 0.05) is 12.1 Å². The highest BCUT2D eigenvalue weighted by molar-refractivity contribution is 5.62. The van der Waals surface area contributed by atoms with Crippen LogP contribution in [0.5, 0.6) is 5.88 Å². The van der Waals surface area contributed by atoms with Gasteiger partial charge in [-0.2, -0.15) is 4.98 Å². The van der Waals surface area contributed by atoms with Gasteiger partial charge in [0.2, 0.25) is 5.88 Å². The van der Waals surface area contributed by atoms with Crippen LogP contribution in [0.2, 0.25) is 0 Å². The molecule has 1 aromatic rings. The monoisotopic (exact) mass is 225 g/mol. The number of methoxy groups -OCH3 is 1. The fraction of sp³-hybridized carbons (Fsp3) is 0.545. The number of hydrogen-bond acceptors (Lipinski definition) is 5. The van der Waals surface area contributed by atoms with E-state index < -0.39 is 0 Å². The molecule has 2 unspecified atom stereocenters. The molecular formula is C11H19N3O2. The molecular weight excluding hydrogens is 206 g/mol. The Morgan fingerprint density at radius 1 is 1.50 bits per heavy atom. The molecule has 5 nitrogen and oxygen atoms in total. The van der Waals surface area contributed by atoms with Crippen LogP contribution in [0.4, 0.5) is 11.5 Å². The summed E-state index contributed by atoms with van der Waals surface area (Å²) < 4.78 is 5.02. The molecule has 0 fully saturated rings. The van der Waals surface area contributed by atoms with Crippen LogP contribution in [0.1, 0.15) is 20.3 Å². The molecule has 0 aromatic carbocycles. The Balaban J connectivity index is 2.71. The third-order valence-corrected chi connectivity index (χ3v) is 2.19. The second-order valence-electron chi connectivity index (χ2n) is 3.92. The third-order valence-electron chi connectivity index (χ3n) is 2.19. The average Bonchev–Trinajstić information content (AvgIpc) is 2.20. The van der Waals surface area contributed by atoms with Crippen LogP contribution in [0.3, 0.4) is 0 Å². The van der Waals surface area contributed by atoms with E-state index in [1.165, 1.54) is 0 Å². The Morgan fingerprint density at radius 3 is 2.75 bits per heavy atom. The fourth-order valence-corrected chi connectivity index (χ4v) is 1.49. The van der Waals surface area contributed by atoms with Gasteiger partial charge in [-0.1, -0.05) is 0 Å². The molecule has 0 radical (unpaired) electrons. The van der Waals surface area contributed by atoms with Gasteiger partial charge in [-0.05, 0) is 26.3 Å². The Morgan fingerprint density at radius 2 is 2.19 bits per heavy atom. The molecule has 0 saturated carbocycles. The number of nitrogen functional groups attached to an aromatic ring is 1. The first-order valence-corrected chi connectivity index (χ1v) is 5.28. The van der Waals surface area contributed by atoms with E-state index in [4.69, 9.17) is 10.5 Å². The van der Waals surface area contributed by atoms with E-state index >= 15 is 0 Å². The summed E-state index contributed by atoms with van der Waals surface area (Å²) in [6.45, 7) is 3.72. The van der Waals surface area contributed by atoms with Crippen molar-refractivity contribution in [3.05, 3.63) is 12.1 Å². The van der Waals surface area contributed by atoms with Gasteiger partial charge in [0.25, 0.3) is 0 Å². The number of aliphatic hydroxyl groups is 1. The summed E-state index contributed by atoms with van der Waals surface area (Å²) in [5, 5.41) is 12.4. The molecule has 0 aliphatic carbocycles. The zero-order valence-electron chi connectivity index (χ0n) is 9.90. The van der Waals surface area contributed by atoms with E-state index in [9.17, 15) is 5.11 Å². The molecule has 0 spiro atoms. The molecule has 90 valence electrons. The van der Waals surface area contributed by atoms with Crippen molar-refractivity contribution < 1.29 is 9.84 Å². The van der Waals surface area contributed by atoms with E-state index in [0.29, 0.717) is 23.8 Å². The van der Waals surface area contributed by atoms with Gasteiger partial charge in [-0.3, -0.25) is 0 Å². The summed E-state index contributed by atoms with van der Waals surface area (Å²) in [6, 6.07) is 3.55. The number of rotatable bonds is 5. The molecule has 1 heterocycles. The molecule has 0 aliphatic heterocycles. The van der Waals surface area contributed by atoms with Gasteiger partial charge in [0.1, 0.15) is 0 Å². The van der Waals surface area contributed by atoms with Crippen LogP contribution in [0, 0.1) is 0 Å². The molecule has 2 atom stereocenters. The normalized spacial score (nSPS) is 14.2. The van der Waals surface area contributed by atoms with Crippen LogP contribution in [0.25, 0.3) is 0 Å². The SMILES string of the molecule is COc1ccc(N)c(NC(C)CC(C)O)n1. The number of nitrogens with one attached hydrogen (secondary N) is 1. The quantitative estimate of drug-likeness (QED) is 0.702. The van der Waals surface area contributed by atoms with Crippen molar-refractivity contribution in [1.29, 1.82) is 0 Å². The molecule has 5 heteroatoms.